The summed E-state index contributed by atoms with van der Waals surface area (Å²) in [6.45, 7) is 3.75. The average molecular weight is 330 g/mol. The Hall–Kier alpha value is -1.91. The molecule has 0 heterocycles. The Morgan fingerprint density at radius 1 is 1.04 bits per heavy atom. The zero-order valence-electron chi connectivity index (χ0n) is 13.4. The lowest BCUT2D eigenvalue weighted by Crippen LogP contribution is -2.28. The molecule has 0 bridgehead atoms. The van der Waals surface area contributed by atoms with Crippen LogP contribution in [0.15, 0.2) is 71.6 Å². The van der Waals surface area contributed by atoms with Crippen molar-refractivity contribution in [1.82, 2.24) is 0 Å². The van der Waals surface area contributed by atoms with E-state index >= 15 is 0 Å². The van der Waals surface area contributed by atoms with Crippen LogP contribution in [0.2, 0.25) is 0 Å². The molecule has 0 saturated carbocycles. The van der Waals surface area contributed by atoms with Gasteiger partial charge in [0, 0.05) is 0 Å². The van der Waals surface area contributed by atoms with E-state index in [0.29, 0.717) is 5.56 Å². The Morgan fingerprint density at radius 2 is 1.65 bits per heavy atom. The van der Waals surface area contributed by atoms with Crippen LogP contribution in [0.5, 0.6) is 0 Å². The molecule has 23 heavy (non-hydrogen) atoms. The van der Waals surface area contributed by atoms with E-state index in [1.807, 2.05) is 19.9 Å². The molecule has 0 aliphatic carbocycles. The molecule has 2 aromatic rings. The predicted octanol–water partition coefficient (Wildman–Crippen LogP) is 3.84. The van der Waals surface area contributed by atoms with E-state index < -0.39 is 21.2 Å². The van der Waals surface area contributed by atoms with Crippen molar-refractivity contribution in [3.05, 3.63) is 77.9 Å². The molecule has 0 saturated heterocycles. The smallest absolute Gasteiger partial charge is 0.184 e. The highest BCUT2D eigenvalue weighted by molar-refractivity contribution is 7.92. The van der Waals surface area contributed by atoms with Gasteiger partial charge in [-0.3, -0.25) is 0 Å². The maximum Gasteiger partial charge on any atom is 0.184 e. The third-order valence-corrected chi connectivity index (χ3v) is 6.02. The second-order valence-electron chi connectivity index (χ2n) is 5.56. The highest BCUT2D eigenvalue weighted by Crippen LogP contribution is 2.30. The molecule has 0 radical (unpaired) electrons. The van der Waals surface area contributed by atoms with Crippen molar-refractivity contribution >= 4 is 9.84 Å². The molecule has 1 N–H and O–H groups in total. The minimum Gasteiger partial charge on any atom is -0.387 e. The number of aliphatic hydroxyl groups is 1. The van der Waals surface area contributed by atoms with Gasteiger partial charge in [0.2, 0.25) is 0 Å². The van der Waals surface area contributed by atoms with Gasteiger partial charge >= 0.3 is 0 Å². The van der Waals surface area contributed by atoms with Gasteiger partial charge in [0.15, 0.2) is 9.84 Å². The summed E-state index contributed by atoms with van der Waals surface area (Å²) in [5, 5.41) is 9.73. The van der Waals surface area contributed by atoms with E-state index in [-0.39, 0.29) is 11.3 Å². The van der Waals surface area contributed by atoms with E-state index in [2.05, 4.69) is 0 Å². The van der Waals surface area contributed by atoms with Gasteiger partial charge in [-0.1, -0.05) is 60.2 Å². The van der Waals surface area contributed by atoms with Gasteiger partial charge in [-0.25, -0.2) is 8.42 Å². The number of allylic oxidation sites excluding steroid dienone is 2. The summed E-state index contributed by atoms with van der Waals surface area (Å²) in [5.74, 6) is 0. The average Bonchev–Trinajstić information content (AvgIpc) is 2.56. The molecule has 0 aliphatic rings. The molecule has 3 nitrogen and oxygen atoms in total. The Labute approximate surface area is 138 Å². The standard InChI is InChI=1S/C19H22O3S/c1-3-4-10-18(19(20)16-8-6-5-7-9-16)23(21,22)17-13-11-15(2)12-14-17/h3-9,11-14,18-20H,10H2,1-2H3/b4-3+/t18-,19-/m0/s1. The number of hydrogen-bond donors (Lipinski definition) is 1. The van der Waals surface area contributed by atoms with Crippen LogP contribution in [0.25, 0.3) is 0 Å². The zero-order valence-corrected chi connectivity index (χ0v) is 14.2. The predicted molar refractivity (Wildman–Crippen MR) is 93.0 cm³/mol. The Kier molecular flexibility index (Phi) is 5.74. The van der Waals surface area contributed by atoms with Gasteiger partial charge in [0.25, 0.3) is 0 Å². The Balaban J connectivity index is 2.43. The number of aryl methyl sites for hydroxylation is 1. The van der Waals surface area contributed by atoms with E-state index in [9.17, 15) is 13.5 Å². The van der Waals surface area contributed by atoms with Crippen molar-refractivity contribution in [2.24, 2.45) is 0 Å². The lowest BCUT2D eigenvalue weighted by atomic mass is 10.0. The molecule has 0 amide bonds. The molecule has 0 unspecified atom stereocenters. The van der Waals surface area contributed by atoms with Gasteiger partial charge in [0.05, 0.1) is 16.2 Å². The SMILES string of the molecule is C/C=C/C[C@@H]([C@@H](O)c1ccccc1)S(=O)(=O)c1ccc(C)cc1. The van der Waals surface area contributed by atoms with Crippen LogP contribution in [0, 0.1) is 6.92 Å². The number of hydrogen-bond acceptors (Lipinski definition) is 3. The van der Waals surface area contributed by atoms with Crippen molar-refractivity contribution in [2.45, 2.75) is 36.5 Å². The van der Waals surface area contributed by atoms with Crippen molar-refractivity contribution < 1.29 is 13.5 Å². The van der Waals surface area contributed by atoms with Gasteiger partial charge < -0.3 is 5.11 Å². The first kappa shape index (κ1) is 17.4. The molecular formula is C19H22O3S. The molecule has 2 rings (SSSR count). The third kappa shape index (κ3) is 4.09. The fourth-order valence-electron chi connectivity index (χ4n) is 2.46. The summed E-state index contributed by atoms with van der Waals surface area (Å²) in [5.41, 5.74) is 1.61. The van der Waals surface area contributed by atoms with Crippen molar-refractivity contribution in [3.63, 3.8) is 0 Å². The fraction of sp³-hybridized carbons (Fsp3) is 0.263. The first-order valence-electron chi connectivity index (χ1n) is 7.61. The molecule has 0 aliphatic heterocycles. The number of benzene rings is 2. The fourth-order valence-corrected chi connectivity index (χ4v) is 4.19. The minimum absolute atomic E-state index is 0.243. The van der Waals surface area contributed by atoms with Crippen LogP contribution in [0.4, 0.5) is 0 Å². The molecule has 0 fully saturated rings. The zero-order chi connectivity index (χ0) is 16.9. The summed E-state index contributed by atoms with van der Waals surface area (Å²) in [7, 11) is -3.64. The summed E-state index contributed by atoms with van der Waals surface area (Å²) in [6, 6.07) is 15.7. The summed E-state index contributed by atoms with van der Waals surface area (Å²) >= 11 is 0. The summed E-state index contributed by atoms with van der Waals surface area (Å²) < 4.78 is 25.9. The van der Waals surface area contributed by atoms with Crippen LogP contribution in [0.1, 0.15) is 30.6 Å². The maximum atomic E-state index is 13.0. The highest BCUT2D eigenvalue weighted by atomic mass is 32.2. The lowest BCUT2D eigenvalue weighted by Gasteiger charge is -2.22. The van der Waals surface area contributed by atoms with Crippen molar-refractivity contribution in [2.75, 3.05) is 0 Å². The van der Waals surface area contributed by atoms with Gasteiger partial charge in [-0.2, -0.15) is 0 Å². The number of aliphatic hydroxyl groups excluding tert-OH is 1. The minimum atomic E-state index is -3.64. The quantitative estimate of drug-likeness (QED) is 0.819. The van der Waals surface area contributed by atoms with Crippen LogP contribution in [-0.2, 0) is 9.84 Å². The molecule has 0 aromatic heterocycles. The Bertz CT molecular complexity index is 747. The van der Waals surface area contributed by atoms with Crippen LogP contribution in [-0.4, -0.2) is 18.8 Å². The van der Waals surface area contributed by atoms with Crippen molar-refractivity contribution in [1.29, 1.82) is 0 Å². The van der Waals surface area contributed by atoms with Gasteiger partial charge in [0.1, 0.15) is 0 Å². The molecule has 4 heteroatoms. The molecule has 2 atom stereocenters. The Morgan fingerprint density at radius 3 is 2.22 bits per heavy atom. The molecule has 2 aromatic carbocycles. The second-order valence-corrected chi connectivity index (χ2v) is 7.72. The van der Waals surface area contributed by atoms with E-state index in [4.69, 9.17) is 0 Å². The molecular weight excluding hydrogens is 308 g/mol. The van der Waals surface area contributed by atoms with Crippen LogP contribution in [0.3, 0.4) is 0 Å². The van der Waals surface area contributed by atoms with Crippen LogP contribution < -0.4 is 0 Å². The third-order valence-electron chi connectivity index (χ3n) is 3.85. The highest BCUT2D eigenvalue weighted by Gasteiger charge is 2.33. The maximum absolute atomic E-state index is 13.0. The normalized spacial score (nSPS) is 14.7. The largest absolute Gasteiger partial charge is 0.387 e. The van der Waals surface area contributed by atoms with E-state index in [0.717, 1.165) is 5.56 Å². The summed E-state index contributed by atoms with van der Waals surface area (Å²) in [6.07, 6.45) is 2.78. The lowest BCUT2D eigenvalue weighted by molar-refractivity contribution is 0.171. The monoisotopic (exact) mass is 330 g/mol. The first-order valence-corrected chi connectivity index (χ1v) is 9.16. The van der Waals surface area contributed by atoms with Gasteiger partial charge in [-0.15, -0.1) is 0 Å². The van der Waals surface area contributed by atoms with Crippen LogP contribution >= 0.6 is 0 Å². The molecule has 122 valence electrons. The van der Waals surface area contributed by atoms with E-state index in [1.165, 1.54) is 0 Å². The topological polar surface area (TPSA) is 54.4 Å². The first-order chi connectivity index (χ1) is 11.0. The van der Waals surface area contributed by atoms with E-state index in [1.54, 1.807) is 60.7 Å². The van der Waals surface area contributed by atoms with Crippen molar-refractivity contribution in [3.8, 4) is 0 Å². The summed E-state index contributed by atoms with van der Waals surface area (Å²) in [4.78, 5) is 0.243. The number of rotatable bonds is 6. The number of sulfone groups is 1. The van der Waals surface area contributed by atoms with Gasteiger partial charge in [-0.05, 0) is 38.0 Å². The second kappa shape index (κ2) is 7.57. The molecule has 0 spiro atoms.